The fourth-order valence-electron chi connectivity index (χ4n) is 5.83. The first kappa shape index (κ1) is 42.4. The van der Waals surface area contributed by atoms with Crippen LogP contribution in [0.2, 0.25) is 5.04 Å². The monoisotopic (exact) mass is 788 g/mol. The van der Waals surface area contributed by atoms with Gasteiger partial charge < -0.3 is 29.3 Å². The molecule has 3 amide bonds. The predicted molar refractivity (Wildman–Crippen MR) is 213 cm³/mol. The molecule has 0 saturated heterocycles. The number of aromatic nitrogens is 1. The highest BCUT2D eigenvalue weighted by Crippen LogP contribution is 2.37. The molecule has 0 radical (unpaired) electrons. The second kappa shape index (κ2) is 18.3. The molecule has 2 unspecified atom stereocenters. The van der Waals surface area contributed by atoms with Gasteiger partial charge in [-0.25, -0.2) is 14.6 Å². The van der Waals surface area contributed by atoms with Crippen LogP contribution in [0.5, 0.6) is 0 Å². The van der Waals surface area contributed by atoms with Crippen LogP contribution < -0.4 is 26.3 Å². The Morgan fingerprint density at radius 1 is 0.800 bits per heavy atom. The van der Waals surface area contributed by atoms with Gasteiger partial charge in [-0.1, -0.05) is 93.6 Å². The van der Waals surface area contributed by atoms with Crippen molar-refractivity contribution in [1.29, 1.82) is 0 Å². The number of esters is 2. The molecular formula is C40H48N4O9SSi. The highest BCUT2D eigenvalue weighted by atomic mass is 32.1. The summed E-state index contributed by atoms with van der Waals surface area (Å²) in [5.41, 5.74) is 0.395. The number of benzene rings is 3. The van der Waals surface area contributed by atoms with E-state index in [1.165, 1.54) is 30.8 Å². The van der Waals surface area contributed by atoms with Gasteiger partial charge in [0.15, 0.2) is 0 Å². The van der Waals surface area contributed by atoms with Gasteiger partial charge in [0, 0.05) is 23.6 Å². The van der Waals surface area contributed by atoms with Crippen molar-refractivity contribution in [2.45, 2.75) is 71.2 Å². The fraction of sp³-hybridized carbons (Fsp3) is 0.350. The van der Waals surface area contributed by atoms with Gasteiger partial charge in [-0.15, -0.1) is 11.3 Å². The number of anilines is 1. The molecule has 0 aliphatic carbocycles. The topological polar surface area (TPSA) is 171 Å². The quantitative estimate of drug-likeness (QED) is 0.0893. The average Bonchev–Trinajstić information content (AvgIpc) is 3.63. The first-order valence-corrected chi connectivity index (χ1v) is 20.4. The van der Waals surface area contributed by atoms with Crippen molar-refractivity contribution in [1.82, 2.24) is 15.6 Å². The van der Waals surface area contributed by atoms with Gasteiger partial charge in [-0.05, 0) is 48.3 Å². The van der Waals surface area contributed by atoms with Crippen LogP contribution in [0, 0.1) is 0 Å². The zero-order valence-electron chi connectivity index (χ0n) is 32.3. The van der Waals surface area contributed by atoms with E-state index < -0.39 is 67.5 Å². The van der Waals surface area contributed by atoms with E-state index in [-0.39, 0.29) is 12.3 Å². The Balaban J connectivity index is 1.55. The summed E-state index contributed by atoms with van der Waals surface area (Å²) in [4.78, 5) is 69.0. The Morgan fingerprint density at radius 3 is 1.96 bits per heavy atom. The smallest absolute Gasteiger partial charge is 0.412 e. The molecule has 0 aliphatic rings. The van der Waals surface area contributed by atoms with Gasteiger partial charge in [0.25, 0.3) is 14.2 Å². The van der Waals surface area contributed by atoms with Crippen molar-refractivity contribution < 1.29 is 42.6 Å². The minimum Gasteiger partial charge on any atom is -0.467 e. The van der Waals surface area contributed by atoms with E-state index in [9.17, 15) is 24.0 Å². The highest BCUT2D eigenvalue weighted by Gasteiger charge is 2.51. The average molecular weight is 789 g/mol. The van der Waals surface area contributed by atoms with Crippen molar-refractivity contribution in [2.24, 2.45) is 0 Å². The minimum atomic E-state index is -3.13. The van der Waals surface area contributed by atoms with Crippen LogP contribution in [0.3, 0.4) is 0 Å². The Kier molecular flexibility index (Phi) is 14.1. The molecule has 1 aromatic heterocycles. The first-order valence-electron chi connectivity index (χ1n) is 17.6. The number of ether oxygens (including phenoxy) is 3. The molecular weight excluding hydrogens is 741 g/mol. The molecule has 13 nitrogen and oxygen atoms in total. The summed E-state index contributed by atoms with van der Waals surface area (Å²) in [6.07, 6.45) is -0.620. The van der Waals surface area contributed by atoms with Crippen LogP contribution >= 0.6 is 11.3 Å². The summed E-state index contributed by atoms with van der Waals surface area (Å²) in [5.74, 6) is -2.98. The molecule has 0 bridgehead atoms. The normalized spacial score (nSPS) is 12.8. The third-order valence-electron chi connectivity index (χ3n) is 8.25. The van der Waals surface area contributed by atoms with Crippen molar-refractivity contribution in [3.05, 3.63) is 96.0 Å². The maximum atomic E-state index is 13.8. The third kappa shape index (κ3) is 11.3. The molecule has 1 heterocycles. The lowest BCUT2D eigenvalue weighted by Gasteiger charge is -2.43. The number of hydrogen-bond donors (Lipinski definition) is 3. The van der Waals surface area contributed by atoms with Crippen molar-refractivity contribution in [3.63, 3.8) is 0 Å². The minimum absolute atomic E-state index is 0.00864. The Morgan fingerprint density at radius 2 is 1.42 bits per heavy atom. The number of methoxy groups -OCH3 is 1. The van der Waals surface area contributed by atoms with Gasteiger partial charge in [-0.3, -0.25) is 19.7 Å². The molecule has 55 heavy (non-hydrogen) atoms. The van der Waals surface area contributed by atoms with Crippen LogP contribution in [0.25, 0.3) is 10.6 Å². The number of nitrogens with one attached hydrogen (secondary N) is 3. The Labute approximate surface area is 326 Å². The molecule has 0 aliphatic heterocycles. The molecule has 0 saturated carbocycles. The largest absolute Gasteiger partial charge is 0.467 e. The standard InChI is InChI=1S/C40H48N4O9SSi/c1-26(45)51-23-31(42-35(47)33-25-54-36(44-33)27-16-15-17-28(22-27)41-38(49)53-39(2,3)4)34(46)43-32(37(48)50-8)24-52-55(40(5,6)7,29-18-11-9-12-19-29)30-20-13-10-14-21-30/h9-22,25,31-32H,23-24H2,1-8H3,(H,41,49)(H,42,47)(H,43,46). The lowest BCUT2D eigenvalue weighted by molar-refractivity contribution is -0.148. The van der Waals surface area contributed by atoms with Gasteiger partial charge in [0.1, 0.15) is 35.0 Å². The fourth-order valence-corrected chi connectivity index (χ4v) is 11.2. The lowest BCUT2D eigenvalue weighted by atomic mass is 10.2. The first-order chi connectivity index (χ1) is 25.9. The summed E-state index contributed by atoms with van der Waals surface area (Å²) in [5, 5.41) is 11.4. The number of rotatable bonds is 14. The molecule has 0 fully saturated rings. The lowest BCUT2D eigenvalue weighted by Crippen LogP contribution is -2.68. The highest BCUT2D eigenvalue weighted by molar-refractivity contribution is 7.13. The summed E-state index contributed by atoms with van der Waals surface area (Å²) < 4.78 is 22.4. The van der Waals surface area contributed by atoms with Crippen molar-refractivity contribution >= 4 is 65.6 Å². The summed E-state index contributed by atoms with van der Waals surface area (Å²) in [6.45, 7) is 11.9. The number of carbonyl (C=O) groups excluding carboxylic acids is 5. The van der Waals surface area contributed by atoms with E-state index in [4.69, 9.17) is 18.6 Å². The van der Waals surface area contributed by atoms with Crippen molar-refractivity contribution in [2.75, 3.05) is 25.6 Å². The van der Waals surface area contributed by atoms with E-state index in [2.05, 4.69) is 41.7 Å². The van der Waals surface area contributed by atoms with Crippen LogP contribution in [0.15, 0.2) is 90.3 Å². The summed E-state index contributed by atoms with van der Waals surface area (Å²) >= 11 is 1.17. The second-order valence-electron chi connectivity index (χ2n) is 14.6. The summed E-state index contributed by atoms with van der Waals surface area (Å²) in [7, 11) is -1.93. The van der Waals surface area contributed by atoms with E-state index >= 15 is 0 Å². The number of nitrogens with zero attached hydrogens (tertiary/aromatic N) is 1. The van der Waals surface area contributed by atoms with E-state index in [0.717, 1.165) is 10.4 Å². The van der Waals surface area contributed by atoms with Gasteiger partial charge in [0.2, 0.25) is 5.91 Å². The zero-order chi connectivity index (χ0) is 40.4. The van der Waals surface area contributed by atoms with Gasteiger partial charge >= 0.3 is 18.0 Å². The third-order valence-corrected chi connectivity index (χ3v) is 14.1. The van der Waals surface area contributed by atoms with E-state index in [1.807, 2.05) is 60.7 Å². The van der Waals surface area contributed by atoms with Gasteiger partial charge in [0.05, 0.1) is 13.7 Å². The van der Waals surface area contributed by atoms with E-state index in [1.54, 1.807) is 45.0 Å². The Hall–Kier alpha value is -5.38. The molecule has 4 aromatic rings. The van der Waals surface area contributed by atoms with E-state index in [0.29, 0.717) is 16.3 Å². The molecule has 0 spiro atoms. The second-order valence-corrected chi connectivity index (χ2v) is 19.8. The predicted octanol–water partition coefficient (Wildman–Crippen LogP) is 5.05. The van der Waals surface area contributed by atoms with Crippen molar-refractivity contribution in [3.8, 4) is 10.6 Å². The summed E-state index contributed by atoms with van der Waals surface area (Å²) in [6, 6.07) is 23.7. The van der Waals surface area contributed by atoms with Crippen LogP contribution in [-0.2, 0) is 33.0 Å². The number of amides is 3. The van der Waals surface area contributed by atoms with Gasteiger partial charge in [-0.2, -0.15) is 0 Å². The van der Waals surface area contributed by atoms with Crippen LogP contribution in [0.4, 0.5) is 10.5 Å². The number of thiazole rings is 1. The number of hydrogen-bond acceptors (Lipinski definition) is 11. The molecule has 2 atom stereocenters. The SMILES string of the molecule is COC(=O)C(CO[Si](c1ccccc1)(c1ccccc1)C(C)(C)C)NC(=O)C(COC(C)=O)NC(=O)c1csc(-c2cccc(NC(=O)OC(C)(C)C)c2)n1. The molecule has 3 N–H and O–H groups in total. The maximum Gasteiger partial charge on any atom is 0.412 e. The maximum absolute atomic E-state index is 13.8. The van der Waals surface area contributed by atoms with Crippen LogP contribution in [0.1, 0.15) is 59.0 Å². The molecule has 15 heteroatoms. The zero-order valence-corrected chi connectivity index (χ0v) is 34.1. The molecule has 292 valence electrons. The number of carbonyl (C=O) groups is 5. The Bertz CT molecular complexity index is 1920. The molecule has 3 aromatic carbocycles. The molecule has 4 rings (SSSR count). The van der Waals surface area contributed by atoms with Crippen LogP contribution in [-0.4, -0.2) is 81.2 Å².